The van der Waals surface area contributed by atoms with E-state index in [2.05, 4.69) is 26.1 Å². The van der Waals surface area contributed by atoms with Crippen molar-refractivity contribution >= 4 is 11.9 Å². The quantitative estimate of drug-likeness (QED) is 0.858. The van der Waals surface area contributed by atoms with Gasteiger partial charge in [0.2, 0.25) is 0 Å². The van der Waals surface area contributed by atoms with Crippen LogP contribution in [0.3, 0.4) is 0 Å². The molecule has 0 saturated heterocycles. The highest BCUT2D eigenvalue weighted by Gasteiger charge is 2.20. The molecule has 5 nitrogen and oxygen atoms in total. The van der Waals surface area contributed by atoms with Gasteiger partial charge in [-0.3, -0.25) is 9.59 Å². The molecule has 106 valence electrons. The van der Waals surface area contributed by atoms with Crippen molar-refractivity contribution in [3.05, 3.63) is 23.2 Å². The van der Waals surface area contributed by atoms with Gasteiger partial charge < -0.3 is 14.8 Å². The van der Waals surface area contributed by atoms with Crippen LogP contribution >= 0.6 is 0 Å². The maximum atomic E-state index is 12.1. The Kier molecular flexibility index (Phi) is 4.75. The van der Waals surface area contributed by atoms with Crippen LogP contribution in [-0.2, 0) is 11.2 Å². The molecule has 0 atom stereocenters. The lowest BCUT2D eigenvalue weighted by Crippen LogP contribution is -2.28. The summed E-state index contributed by atoms with van der Waals surface area (Å²) in [5, 5.41) is 11.6. The number of carboxylic acid groups (broad SMARTS) is 1. The molecule has 0 bridgehead atoms. The zero-order chi connectivity index (χ0) is 14.6. The number of carboxylic acids is 1. The molecule has 1 heterocycles. The summed E-state index contributed by atoms with van der Waals surface area (Å²) in [4.78, 5) is 22.8. The molecule has 1 rings (SSSR count). The summed E-state index contributed by atoms with van der Waals surface area (Å²) in [5.74, 6) is -1.08. The first-order valence-corrected chi connectivity index (χ1v) is 6.27. The Bertz CT molecular complexity index is 468. The lowest BCUT2D eigenvalue weighted by atomic mass is 9.92. The maximum Gasteiger partial charge on any atom is 0.311 e. The molecule has 0 radical (unpaired) electrons. The van der Waals surface area contributed by atoms with Gasteiger partial charge in [-0.05, 0) is 18.8 Å². The minimum Gasteiger partial charge on any atom is -0.481 e. The number of hydrogen-bond acceptors (Lipinski definition) is 3. The Morgan fingerprint density at radius 1 is 1.37 bits per heavy atom. The van der Waals surface area contributed by atoms with E-state index in [-0.39, 0.29) is 23.5 Å². The lowest BCUT2D eigenvalue weighted by Gasteiger charge is -2.18. The van der Waals surface area contributed by atoms with Gasteiger partial charge in [0, 0.05) is 12.1 Å². The van der Waals surface area contributed by atoms with Gasteiger partial charge in [0.15, 0.2) is 0 Å². The highest BCUT2D eigenvalue weighted by molar-refractivity contribution is 5.97. The zero-order valence-corrected chi connectivity index (χ0v) is 11.9. The first kappa shape index (κ1) is 15.3. The first-order chi connectivity index (χ1) is 8.70. The second-order valence-electron chi connectivity index (χ2n) is 5.85. The maximum absolute atomic E-state index is 12.1. The number of amides is 1. The zero-order valence-electron chi connectivity index (χ0n) is 11.9. The fraction of sp³-hybridized carbons (Fsp3) is 0.571. The molecule has 0 aromatic carbocycles. The largest absolute Gasteiger partial charge is 0.481 e. The number of nitrogens with one attached hydrogen (secondary N) is 1. The van der Waals surface area contributed by atoms with Gasteiger partial charge >= 0.3 is 5.97 Å². The molecule has 0 spiro atoms. The minimum absolute atomic E-state index is 0.141. The van der Waals surface area contributed by atoms with E-state index < -0.39 is 5.97 Å². The molecule has 1 amide bonds. The molecule has 5 heteroatoms. The molecule has 0 saturated carbocycles. The summed E-state index contributed by atoms with van der Waals surface area (Å²) < 4.78 is 5.13. The van der Waals surface area contributed by atoms with E-state index >= 15 is 0 Å². The van der Waals surface area contributed by atoms with E-state index in [1.54, 1.807) is 6.92 Å². The summed E-state index contributed by atoms with van der Waals surface area (Å²) in [5.41, 5.74) is 1.14. The number of aryl methyl sites for hydroxylation is 1. The van der Waals surface area contributed by atoms with E-state index in [0.29, 0.717) is 17.7 Å². The van der Waals surface area contributed by atoms with E-state index in [4.69, 9.17) is 9.52 Å². The van der Waals surface area contributed by atoms with Crippen molar-refractivity contribution < 1.29 is 19.1 Å². The van der Waals surface area contributed by atoms with Crippen molar-refractivity contribution in [2.45, 2.75) is 40.5 Å². The number of carbonyl (C=O) groups is 2. The number of aliphatic carboxylic acids is 1. The molecular weight excluding hydrogens is 246 g/mol. The Morgan fingerprint density at radius 3 is 2.53 bits per heavy atom. The van der Waals surface area contributed by atoms with Gasteiger partial charge in [0.1, 0.15) is 12.2 Å². The number of rotatable bonds is 5. The second-order valence-corrected chi connectivity index (χ2v) is 5.85. The summed E-state index contributed by atoms with van der Waals surface area (Å²) in [6, 6.07) is 0. The van der Waals surface area contributed by atoms with Gasteiger partial charge in [-0.15, -0.1) is 0 Å². The van der Waals surface area contributed by atoms with Crippen molar-refractivity contribution in [3.8, 4) is 0 Å². The SMILES string of the molecule is Cc1coc(CC(=O)O)c1C(=O)NCCC(C)(C)C. The third-order valence-electron chi connectivity index (χ3n) is 2.75. The summed E-state index contributed by atoms with van der Waals surface area (Å²) in [7, 11) is 0. The number of hydrogen-bond donors (Lipinski definition) is 2. The van der Waals surface area contributed by atoms with Crippen LogP contribution in [0.1, 0.15) is 48.9 Å². The van der Waals surface area contributed by atoms with Gasteiger partial charge in [-0.1, -0.05) is 20.8 Å². The van der Waals surface area contributed by atoms with Crippen LogP contribution in [0.15, 0.2) is 10.7 Å². The predicted molar refractivity (Wildman–Crippen MR) is 71.2 cm³/mol. The average Bonchev–Trinajstić information content (AvgIpc) is 2.56. The van der Waals surface area contributed by atoms with Crippen LogP contribution in [0, 0.1) is 12.3 Å². The topological polar surface area (TPSA) is 79.5 Å². The van der Waals surface area contributed by atoms with Crippen molar-refractivity contribution in [1.82, 2.24) is 5.32 Å². The smallest absolute Gasteiger partial charge is 0.311 e. The lowest BCUT2D eigenvalue weighted by molar-refractivity contribution is -0.136. The Morgan fingerprint density at radius 2 is 2.00 bits per heavy atom. The number of furan rings is 1. The second kappa shape index (κ2) is 5.91. The highest BCUT2D eigenvalue weighted by atomic mass is 16.4. The summed E-state index contributed by atoms with van der Waals surface area (Å²) in [6.07, 6.45) is 1.98. The predicted octanol–water partition coefficient (Wildman–Crippen LogP) is 2.38. The monoisotopic (exact) mass is 267 g/mol. The van der Waals surface area contributed by atoms with Crippen LogP contribution in [0.25, 0.3) is 0 Å². The molecule has 0 aliphatic carbocycles. The normalized spacial score (nSPS) is 11.4. The van der Waals surface area contributed by atoms with Gasteiger partial charge in [-0.25, -0.2) is 0 Å². The standard InChI is InChI=1S/C14H21NO4/c1-9-8-19-10(7-11(16)17)12(9)13(18)15-6-5-14(2,3)4/h8H,5-7H2,1-4H3,(H,15,18)(H,16,17). The van der Waals surface area contributed by atoms with Crippen LogP contribution < -0.4 is 5.32 Å². The summed E-state index contributed by atoms with van der Waals surface area (Å²) >= 11 is 0. The van der Waals surface area contributed by atoms with Crippen molar-refractivity contribution in [2.75, 3.05) is 6.54 Å². The molecular formula is C14H21NO4. The van der Waals surface area contributed by atoms with Crippen LogP contribution in [0.4, 0.5) is 0 Å². The van der Waals surface area contributed by atoms with Crippen LogP contribution in [-0.4, -0.2) is 23.5 Å². The molecule has 0 aliphatic heterocycles. The summed E-state index contributed by atoms with van der Waals surface area (Å²) in [6.45, 7) is 8.57. The first-order valence-electron chi connectivity index (χ1n) is 6.27. The van der Waals surface area contributed by atoms with Crippen molar-refractivity contribution in [3.63, 3.8) is 0 Å². The third kappa shape index (κ3) is 4.77. The Balaban J connectivity index is 2.71. The Labute approximate surface area is 113 Å². The van der Waals surface area contributed by atoms with E-state index in [1.165, 1.54) is 6.26 Å². The molecule has 0 aliphatic rings. The van der Waals surface area contributed by atoms with E-state index in [1.807, 2.05) is 0 Å². The molecule has 0 unspecified atom stereocenters. The van der Waals surface area contributed by atoms with Crippen molar-refractivity contribution in [1.29, 1.82) is 0 Å². The minimum atomic E-state index is -1.02. The van der Waals surface area contributed by atoms with Crippen molar-refractivity contribution in [2.24, 2.45) is 5.41 Å². The highest BCUT2D eigenvalue weighted by Crippen LogP contribution is 2.19. The third-order valence-corrected chi connectivity index (χ3v) is 2.75. The van der Waals surface area contributed by atoms with Gasteiger partial charge in [-0.2, -0.15) is 0 Å². The van der Waals surface area contributed by atoms with E-state index in [0.717, 1.165) is 6.42 Å². The van der Waals surface area contributed by atoms with Crippen LogP contribution in [0.5, 0.6) is 0 Å². The molecule has 1 aromatic rings. The fourth-order valence-electron chi connectivity index (χ4n) is 1.71. The fourth-order valence-corrected chi connectivity index (χ4v) is 1.71. The molecule has 1 aromatic heterocycles. The Hall–Kier alpha value is -1.78. The van der Waals surface area contributed by atoms with Crippen LogP contribution in [0.2, 0.25) is 0 Å². The molecule has 19 heavy (non-hydrogen) atoms. The van der Waals surface area contributed by atoms with Gasteiger partial charge in [0.05, 0.1) is 11.8 Å². The molecule has 2 N–H and O–H groups in total. The number of carbonyl (C=O) groups excluding carboxylic acids is 1. The average molecular weight is 267 g/mol. The van der Waals surface area contributed by atoms with E-state index in [9.17, 15) is 9.59 Å². The van der Waals surface area contributed by atoms with Gasteiger partial charge in [0.25, 0.3) is 5.91 Å². The molecule has 0 fully saturated rings.